The number of amides is 1. The van der Waals surface area contributed by atoms with Crippen molar-refractivity contribution in [3.05, 3.63) is 0 Å². The van der Waals surface area contributed by atoms with Crippen LogP contribution < -0.4 is 5.32 Å². The van der Waals surface area contributed by atoms with Gasteiger partial charge in [-0.05, 0) is 12.8 Å². The summed E-state index contributed by atoms with van der Waals surface area (Å²) in [5.41, 5.74) is 0. The van der Waals surface area contributed by atoms with E-state index in [0.29, 0.717) is 19.0 Å². The van der Waals surface area contributed by atoms with E-state index >= 15 is 0 Å². The molecule has 0 saturated carbocycles. The molecule has 1 aliphatic heterocycles. The molecule has 1 unspecified atom stereocenters. The number of hydrogen-bond donors (Lipinski definition) is 3. The van der Waals surface area contributed by atoms with Gasteiger partial charge in [-0.3, -0.25) is 9.69 Å². The van der Waals surface area contributed by atoms with Gasteiger partial charge in [-0.15, -0.1) is 0 Å². The van der Waals surface area contributed by atoms with Gasteiger partial charge in [0.15, 0.2) is 0 Å². The van der Waals surface area contributed by atoms with Gasteiger partial charge in [0.2, 0.25) is 5.91 Å². The Labute approximate surface area is 96.4 Å². The smallest absolute Gasteiger partial charge is 0.234 e. The third kappa shape index (κ3) is 3.73. The molecule has 0 bridgehead atoms. The summed E-state index contributed by atoms with van der Waals surface area (Å²) in [7, 11) is 0. The number of aliphatic hydroxyl groups excluding tert-OH is 2. The first-order valence-corrected chi connectivity index (χ1v) is 5.78. The molecule has 1 fully saturated rings. The maximum Gasteiger partial charge on any atom is 0.234 e. The molecular weight excluding hydrogens is 208 g/mol. The Morgan fingerprint density at radius 3 is 2.25 bits per heavy atom. The second-order valence-electron chi connectivity index (χ2n) is 4.93. The van der Waals surface area contributed by atoms with Gasteiger partial charge in [-0.25, -0.2) is 0 Å². The Hall–Kier alpha value is -0.650. The Bertz CT molecular complexity index is 235. The molecule has 1 rings (SSSR count). The van der Waals surface area contributed by atoms with Crippen molar-refractivity contribution >= 4 is 5.91 Å². The van der Waals surface area contributed by atoms with Gasteiger partial charge in [-0.2, -0.15) is 0 Å². The fraction of sp³-hybridized carbons (Fsp3) is 0.909. The van der Waals surface area contributed by atoms with Crippen molar-refractivity contribution < 1.29 is 15.0 Å². The molecule has 16 heavy (non-hydrogen) atoms. The number of aliphatic hydroxyl groups is 2. The highest BCUT2D eigenvalue weighted by Gasteiger charge is 2.30. The molecule has 1 saturated heterocycles. The van der Waals surface area contributed by atoms with Crippen LogP contribution in [0.1, 0.15) is 20.8 Å². The van der Waals surface area contributed by atoms with Gasteiger partial charge >= 0.3 is 0 Å². The topological polar surface area (TPSA) is 72.8 Å². The van der Waals surface area contributed by atoms with E-state index in [0.717, 1.165) is 0 Å². The van der Waals surface area contributed by atoms with Crippen molar-refractivity contribution in [1.82, 2.24) is 10.2 Å². The van der Waals surface area contributed by atoms with E-state index in [-0.39, 0.29) is 18.5 Å². The highest BCUT2D eigenvalue weighted by atomic mass is 16.3. The van der Waals surface area contributed by atoms with E-state index < -0.39 is 12.2 Å². The van der Waals surface area contributed by atoms with Crippen LogP contribution in [0.15, 0.2) is 0 Å². The maximum absolute atomic E-state index is 11.6. The van der Waals surface area contributed by atoms with Crippen molar-refractivity contribution in [3.8, 4) is 0 Å². The van der Waals surface area contributed by atoms with Crippen molar-refractivity contribution in [1.29, 1.82) is 0 Å². The molecule has 0 spiro atoms. The second-order valence-corrected chi connectivity index (χ2v) is 4.93. The van der Waals surface area contributed by atoms with Crippen LogP contribution in [0.25, 0.3) is 0 Å². The second kappa shape index (κ2) is 5.61. The molecule has 5 heteroatoms. The normalized spacial score (nSPS) is 28.4. The molecule has 0 aromatic carbocycles. The maximum atomic E-state index is 11.6. The third-order valence-electron chi connectivity index (χ3n) is 3.09. The van der Waals surface area contributed by atoms with Gasteiger partial charge in [0, 0.05) is 19.1 Å². The lowest BCUT2D eigenvalue weighted by molar-refractivity contribution is -0.123. The van der Waals surface area contributed by atoms with E-state index in [2.05, 4.69) is 5.32 Å². The number of likely N-dealkylation sites (tertiary alicyclic amines) is 1. The Balaban J connectivity index is 2.30. The van der Waals surface area contributed by atoms with Crippen LogP contribution in [0.5, 0.6) is 0 Å². The van der Waals surface area contributed by atoms with Crippen LogP contribution in [0, 0.1) is 5.92 Å². The van der Waals surface area contributed by atoms with Crippen LogP contribution in [0.4, 0.5) is 0 Å². The average Bonchev–Trinajstić information content (AvgIpc) is 2.45. The van der Waals surface area contributed by atoms with E-state index in [1.165, 1.54) is 0 Å². The zero-order valence-electron chi connectivity index (χ0n) is 10.2. The van der Waals surface area contributed by atoms with Crippen LogP contribution in [-0.4, -0.2) is 58.9 Å². The van der Waals surface area contributed by atoms with E-state index in [4.69, 9.17) is 0 Å². The molecular formula is C11H22N2O3. The first kappa shape index (κ1) is 13.4. The molecule has 3 atom stereocenters. The number of carbonyl (C=O) groups is 1. The lowest BCUT2D eigenvalue weighted by Crippen LogP contribution is -2.42. The summed E-state index contributed by atoms with van der Waals surface area (Å²) in [5, 5.41) is 21.5. The van der Waals surface area contributed by atoms with Gasteiger partial charge in [-0.1, -0.05) is 13.8 Å². The predicted molar refractivity (Wildman–Crippen MR) is 60.9 cm³/mol. The molecule has 0 aromatic rings. The van der Waals surface area contributed by atoms with Crippen LogP contribution in [0.3, 0.4) is 0 Å². The standard InChI is InChI=1S/C11H22N2O3/c1-7(2)8(3)12-11(16)6-13-4-9(14)10(15)5-13/h7-10,14-15H,4-6H2,1-3H3,(H,12,16)/t8?,9-,10+. The number of nitrogens with one attached hydrogen (secondary N) is 1. The summed E-state index contributed by atoms with van der Waals surface area (Å²) >= 11 is 0. The first-order valence-electron chi connectivity index (χ1n) is 5.78. The minimum atomic E-state index is -0.727. The summed E-state index contributed by atoms with van der Waals surface area (Å²) in [6.45, 7) is 7.04. The van der Waals surface area contributed by atoms with Gasteiger partial charge in [0.1, 0.15) is 0 Å². The number of carbonyl (C=O) groups excluding carboxylic acids is 1. The molecule has 3 N–H and O–H groups in total. The molecule has 1 amide bonds. The first-order chi connectivity index (χ1) is 7.40. The number of β-amino-alcohol motifs (C(OH)–C–C–N with tert-alkyl or cyclic N) is 2. The van der Waals surface area contributed by atoms with Gasteiger partial charge in [0.05, 0.1) is 18.8 Å². The molecule has 1 heterocycles. The summed E-state index contributed by atoms with van der Waals surface area (Å²) in [6, 6.07) is 0.143. The van der Waals surface area contributed by atoms with Crippen molar-refractivity contribution in [2.45, 2.75) is 39.0 Å². The average molecular weight is 230 g/mol. The lowest BCUT2D eigenvalue weighted by Gasteiger charge is -2.20. The lowest BCUT2D eigenvalue weighted by atomic mass is 10.1. The largest absolute Gasteiger partial charge is 0.389 e. The van der Waals surface area contributed by atoms with Crippen molar-refractivity contribution in [3.63, 3.8) is 0 Å². The fourth-order valence-corrected chi connectivity index (χ4v) is 1.65. The number of hydrogen-bond acceptors (Lipinski definition) is 4. The summed E-state index contributed by atoms with van der Waals surface area (Å²) in [4.78, 5) is 13.4. The van der Waals surface area contributed by atoms with Crippen LogP contribution in [-0.2, 0) is 4.79 Å². The predicted octanol–water partition coefficient (Wildman–Crippen LogP) is -0.815. The van der Waals surface area contributed by atoms with Gasteiger partial charge in [0.25, 0.3) is 0 Å². The Morgan fingerprint density at radius 2 is 1.81 bits per heavy atom. The highest BCUT2D eigenvalue weighted by Crippen LogP contribution is 2.09. The quantitative estimate of drug-likeness (QED) is 0.590. The molecule has 0 radical (unpaired) electrons. The zero-order valence-corrected chi connectivity index (χ0v) is 10.2. The highest BCUT2D eigenvalue weighted by molar-refractivity contribution is 5.78. The molecule has 94 valence electrons. The Kier molecular flexibility index (Phi) is 4.70. The van der Waals surface area contributed by atoms with Crippen LogP contribution >= 0.6 is 0 Å². The summed E-state index contributed by atoms with van der Waals surface area (Å²) in [5.74, 6) is 0.348. The molecule has 1 aliphatic rings. The zero-order chi connectivity index (χ0) is 12.3. The Morgan fingerprint density at radius 1 is 1.31 bits per heavy atom. The van der Waals surface area contributed by atoms with Gasteiger partial charge < -0.3 is 15.5 Å². The SMILES string of the molecule is CC(C)C(C)NC(=O)CN1C[C@@H](O)[C@@H](O)C1. The molecule has 0 aliphatic carbocycles. The number of nitrogens with zero attached hydrogens (tertiary/aromatic N) is 1. The summed E-state index contributed by atoms with van der Waals surface area (Å²) < 4.78 is 0. The minimum Gasteiger partial charge on any atom is -0.389 e. The molecule has 5 nitrogen and oxygen atoms in total. The van der Waals surface area contributed by atoms with E-state index in [9.17, 15) is 15.0 Å². The fourth-order valence-electron chi connectivity index (χ4n) is 1.65. The molecule has 0 aromatic heterocycles. The van der Waals surface area contributed by atoms with Crippen molar-refractivity contribution in [2.75, 3.05) is 19.6 Å². The number of rotatable bonds is 4. The third-order valence-corrected chi connectivity index (χ3v) is 3.09. The summed E-state index contributed by atoms with van der Waals surface area (Å²) in [6.07, 6.45) is -1.45. The van der Waals surface area contributed by atoms with E-state index in [1.807, 2.05) is 20.8 Å². The van der Waals surface area contributed by atoms with Crippen molar-refractivity contribution in [2.24, 2.45) is 5.92 Å². The minimum absolute atomic E-state index is 0.0532. The van der Waals surface area contributed by atoms with Crippen LogP contribution in [0.2, 0.25) is 0 Å². The van der Waals surface area contributed by atoms with E-state index in [1.54, 1.807) is 4.90 Å². The monoisotopic (exact) mass is 230 g/mol.